The molecule has 3 aliphatic carbocycles. The number of nitrogens with zero attached hydrogens (tertiary/aromatic N) is 1. The van der Waals surface area contributed by atoms with Crippen molar-refractivity contribution >= 4 is 41.8 Å². The van der Waals surface area contributed by atoms with E-state index >= 15 is 18.0 Å². The molecule has 0 spiro atoms. The van der Waals surface area contributed by atoms with Crippen LogP contribution in [-0.2, 0) is 52.3 Å². The molecule has 3 fully saturated rings. The summed E-state index contributed by atoms with van der Waals surface area (Å²) in [6.07, 6.45) is 2.51. The van der Waals surface area contributed by atoms with Crippen molar-refractivity contribution in [2.45, 2.75) is 192 Å². The van der Waals surface area contributed by atoms with Gasteiger partial charge >= 0.3 is 42.2 Å². The molecular formula is C61H81F3N2O16. The Hall–Kier alpha value is -6.58. The third-order valence-electron chi connectivity index (χ3n) is 15.5. The van der Waals surface area contributed by atoms with Crippen LogP contribution < -0.4 is 5.32 Å². The molecule has 5 rings (SSSR count). The normalized spacial score (nSPS) is 27.9. The molecule has 18 nitrogen and oxygen atoms in total. The topological polar surface area (TPSA) is 240 Å². The third kappa shape index (κ3) is 15.3. The fourth-order valence-corrected chi connectivity index (χ4v) is 11.2. The van der Waals surface area contributed by atoms with E-state index in [0.29, 0.717) is 6.42 Å². The summed E-state index contributed by atoms with van der Waals surface area (Å²) in [5, 5.41) is 27.8. The summed E-state index contributed by atoms with van der Waals surface area (Å²) in [4.78, 5) is 99.7. The molecule has 4 aliphatic rings. The van der Waals surface area contributed by atoms with Gasteiger partial charge in [0.25, 0.3) is 0 Å². The quantitative estimate of drug-likeness (QED) is 0.0424. The predicted octanol–water partition coefficient (Wildman–Crippen LogP) is 9.63. The second-order valence-corrected chi connectivity index (χ2v) is 23.0. The summed E-state index contributed by atoms with van der Waals surface area (Å²) in [5.41, 5.74) is -10.6. The number of hydrogen-bond acceptors (Lipinski definition) is 16. The van der Waals surface area contributed by atoms with Gasteiger partial charge in [-0.25, -0.2) is 19.2 Å². The minimum atomic E-state index is -5.53. The Morgan fingerprint density at radius 1 is 0.866 bits per heavy atom. The maximum atomic E-state index is 15.8. The number of halogens is 3. The van der Waals surface area contributed by atoms with Crippen LogP contribution in [0.25, 0.3) is 0 Å². The van der Waals surface area contributed by atoms with Crippen LogP contribution in [0, 0.1) is 16.7 Å². The lowest BCUT2D eigenvalue weighted by molar-refractivity contribution is -0.346. The van der Waals surface area contributed by atoms with E-state index in [1.54, 1.807) is 17.5 Å². The number of benzene rings is 1. The van der Waals surface area contributed by atoms with Crippen molar-refractivity contribution in [1.29, 1.82) is 0 Å². The number of ketones is 1. The Balaban J connectivity index is 1.56. The third-order valence-corrected chi connectivity index (χ3v) is 15.5. The first-order valence-electron chi connectivity index (χ1n) is 27.7. The van der Waals surface area contributed by atoms with E-state index in [0.717, 1.165) is 37.5 Å². The SMILES string of the molecule is CC/C=C\C/C=C\C/C=C\C/C=C\C/C=C\CCCC(=O)O[C@@H](C(=O)O[C@H]1C[C@@]2(O)C(OC(=O)c3ccccc3)C3[C@](C)(C(=O)[C@H](OC(=O)N(C)C)C(=C1C)C2(C)C)[C@@H](O)C[C@H]1OC[C@@]31OC(C)=O)[C@@H](NC(=O)OC(C)(C)C)C(F)(F)F. The van der Waals surface area contributed by atoms with Crippen molar-refractivity contribution in [2.75, 3.05) is 20.7 Å². The van der Waals surface area contributed by atoms with Gasteiger partial charge in [0.15, 0.2) is 23.5 Å². The lowest BCUT2D eigenvalue weighted by Crippen LogP contribution is -2.82. The van der Waals surface area contributed by atoms with Gasteiger partial charge in [-0.3, -0.25) is 14.4 Å². The number of carbonyl (C=O) groups is 7. The highest BCUT2D eigenvalue weighted by Crippen LogP contribution is 2.64. The number of unbranched alkanes of at least 4 members (excludes halogenated alkanes) is 1. The van der Waals surface area contributed by atoms with E-state index in [4.69, 9.17) is 33.2 Å². The number of hydrogen-bond donors (Lipinski definition) is 3. The molecule has 2 bridgehead atoms. The molecule has 0 aromatic heterocycles. The largest absolute Gasteiger partial charge is 0.455 e. The van der Waals surface area contributed by atoms with E-state index in [9.17, 15) is 39.0 Å². The summed E-state index contributed by atoms with van der Waals surface area (Å²) in [6.45, 7) is 12.3. The number of aliphatic hydroxyl groups is 2. The van der Waals surface area contributed by atoms with Crippen LogP contribution in [0.3, 0.4) is 0 Å². The van der Waals surface area contributed by atoms with E-state index < -0.39 is 144 Å². The fraction of sp³-hybridized carbons (Fsp3) is 0.590. The van der Waals surface area contributed by atoms with Crippen LogP contribution in [0.1, 0.15) is 137 Å². The first-order valence-corrected chi connectivity index (χ1v) is 27.7. The number of aliphatic hydroxyl groups excluding tert-OH is 1. The molecule has 1 heterocycles. The number of esters is 4. The van der Waals surface area contributed by atoms with E-state index in [2.05, 4.69) is 37.3 Å². The lowest BCUT2D eigenvalue weighted by Gasteiger charge is -2.67. The van der Waals surface area contributed by atoms with Crippen LogP contribution in [-0.4, -0.2) is 143 Å². The predicted molar refractivity (Wildman–Crippen MR) is 294 cm³/mol. The highest BCUT2D eigenvalue weighted by atomic mass is 19.4. The Labute approximate surface area is 478 Å². The summed E-state index contributed by atoms with van der Waals surface area (Å²) in [6, 6.07) is 4.14. The molecule has 21 heteroatoms. The maximum Gasteiger partial charge on any atom is 0.413 e. The average Bonchev–Trinajstić information content (AvgIpc) is 0.980. The molecule has 3 N–H and O–H groups in total. The number of fused-ring (bicyclic) bond motifs is 5. The maximum absolute atomic E-state index is 15.8. The first-order chi connectivity index (χ1) is 38.4. The summed E-state index contributed by atoms with van der Waals surface area (Å²) < 4.78 is 86.8. The number of alkyl halides is 3. The monoisotopic (exact) mass is 1150 g/mol. The van der Waals surface area contributed by atoms with E-state index in [1.807, 2.05) is 24.3 Å². The number of ether oxygens (including phenoxy) is 7. The zero-order valence-corrected chi connectivity index (χ0v) is 48.7. The smallest absolute Gasteiger partial charge is 0.413 e. The minimum absolute atomic E-state index is 0.0555. The highest BCUT2D eigenvalue weighted by molar-refractivity contribution is 5.95. The Morgan fingerprint density at radius 2 is 1.44 bits per heavy atom. The first kappa shape index (κ1) is 66.2. The Morgan fingerprint density at radius 3 is 1.95 bits per heavy atom. The van der Waals surface area contributed by atoms with Crippen molar-refractivity contribution in [3.05, 3.63) is 108 Å². The molecule has 452 valence electrons. The molecule has 1 aromatic carbocycles. The van der Waals surface area contributed by atoms with Gasteiger partial charge in [0.05, 0.1) is 29.6 Å². The lowest BCUT2D eigenvalue weighted by atomic mass is 9.44. The molecule has 1 aromatic rings. The van der Waals surface area contributed by atoms with Gasteiger partial charge in [0, 0.05) is 45.7 Å². The molecule has 2 amide bonds. The fourth-order valence-electron chi connectivity index (χ4n) is 11.2. The van der Waals surface area contributed by atoms with Gasteiger partial charge in [-0.1, -0.05) is 99.7 Å². The average molecular weight is 1160 g/mol. The van der Waals surface area contributed by atoms with Crippen LogP contribution in [0.5, 0.6) is 0 Å². The summed E-state index contributed by atoms with van der Waals surface area (Å²) >= 11 is 0. The van der Waals surface area contributed by atoms with Crippen LogP contribution in [0.2, 0.25) is 0 Å². The molecule has 2 saturated carbocycles. The molecule has 0 radical (unpaired) electrons. The van der Waals surface area contributed by atoms with E-state index in [-0.39, 0.29) is 36.0 Å². The minimum Gasteiger partial charge on any atom is -0.455 e. The van der Waals surface area contributed by atoms with Gasteiger partial charge in [0.2, 0.25) is 6.10 Å². The Kier molecular flexibility index (Phi) is 22.3. The summed E-state index contributed by atoms with van der Waals surface area (Å²) in [5.74, 6) is -7.94. The standard InChI is InChI=1S/C61H81F3N2O16/c1-12-13-14-15-16-17-18-19-20-21-22-23-24-25-26-27-31-34-44(69)78-47(49(61(62,63)64)65-54(73)82-56(4,5)6)53(72)77-41-36-60(75)51(80-52(71)40-32-29-28-30-33-40)48-58(9,42(68)35-43-59(48,37-76-43)81-39(3)67)50(70)46(79-55(74)66(10)11)45(38(41)2)57(60,7)8/h13-14,16-17,19-20,22-23,25-26,28-30,32-33,41-43,46-49,51,68,75H,12,15,18,21,24,27,31,34-37H2,1-11H3,(H,65,73)/b14-13-,17-16-,20-19-,23-22-,26-25-/t41-,42-,43+,46+,47+,48?,49+,51?,58+,59-,60+/m0/s1. The van der Waals surface area contributed by atoms with Crippen LogP contribution in [0.15, 0.2) is 102 Å². The highest BCUT2D eigenvalue weighted by Gasteiger charge is 2.78. The number of alkyl carbamates (subject to hydrolysis) is 1. The molecular weight excluding hydrogens is 1070 g/mol. The van der Waals surface area contributed by atoms with Crippen LogP contribution >= 0.6 is 0 Å². The van der Waals surface area contributed by atoms with Crippen molar-refractivity contribution < 1.29 is 90.1 Å². The molecule has 82 heavy (non-hydrogen) atoms. The zero-order valence-electron chi connectivity index (χ0n) is 48.7. The molecule has 2 unspecified atom stereocenters. The Bertz CT molecular complexity index is 2650. The molecule has 11 atom stereocenters. The number of rotatable bonds is 22. The van der Waals surface area contributed by atoms with Crippen molar-refractivity contribution in [3.63, 3.8) is 0 Å². The number of Topliss-reactive ketones (excluding diaryl/α,β-unsaturated/α-hetero) is 1. The van der Waals surface area contributed by atoms with Crippen molar-refractivity contribution in [2.24, 2.45) is 16.7 Å². The van der Waals surface area contributed by atoms with Crippen molar-refractivity contribution in [3.8, 4) is 0 Å². The van der Waals surface area contributed by atoms with Gasteiger partial charge in [0.1, 0.15) is 29.5 Å². The van der Waals surface area contributed by atoms with Gasteiger partial charge in [-0.05, 0) is 103 Å². The zero-order chi connectivity index (χ0) is 61.0. The second-order valence-electron chi connectivity index (χ2n) is 23.0. The van der Waals surface area contributed by atoms with Crippen LogP contribution in [0.4, 0.5) is 22.8 Å². The molecule has 1 saturated heterocycles. The molecule has 1 aliphatic heterocycles. The number of carbonyl (C=O) groups excluding carboxylic acids is 7. The van der Waals surface area contributed by atoms with E-state index in [1.165, 1.54) is 86.8 Å². The van der Waals surface area contributed by atoms with Crippen molar-refractivity contribution in [1.82, 2.24) is 10.2 Å². The number of allylic oxidation sites excluding steroid dienone is 10. The summed E-state index contributed by atoms with van der Waals surface area (Å²) in [7, 11) is 2.62. The number of nitrogens with one attached hydrogen (secondary N) is 1. The number of amides is 2. The van der Waals surface area contributed by atoms with Gasteiger partial charge < -0.3 is 53.6 Å². The van der Waals surface area contributed by atoms with Gasteiger partial charge in [-0.2, -0.15) is 13.2 Å². The van der Waals surface area contributed by atoms with Gasteiger partial charge in [-0.15, -0.1) is 0 Å². The second kappa shape index (κ2) is 27.7.